The van der Waals surface area contributed by atoms with Gasteiger partial charge in [0.1, 0.15) is 0 Å². The summed E-state index contributed by atoms with van der Waals surface area (Å²) < 4.78 is 23.0. The number of carbonyl (C=O) groups is 6. The first kappa shape index (κ1) is 66.7. The molecule has 2 aliphatic heterocycles. The number of piperidine rings is 2. The predicted octanol–water partition coefficient (Wildman–Crippen LogP) is 10.6. The van der Waals surface area contributed by atoms with E-state index in [0.717, 1.165) is 62.4 Å². The second-order valence-corrected chi connectivity index (χ2v) is 21.6. The van der Waals surface area contributed by atoms with Crippen LogP contribution in [0.1, 0.15) is 148 Å². The number of benzene rings is 4. The molecule has 2 saturated carbocycles. The van der Waals surface area contributed by atoms with Gasteiger partial charge in [0.15, 0.2) is 34.6 Å². The van der Waals surface area contributed by atoms with E-state index in [1.165, 1.54) is 114 Å². The Balaban J connectivity index is 0.000000287. The number of rotatable bonds is 20. The fourth-order valence-corrected chi connectivity index (χ4v) is 12.0. The number of ether oxygens (including phenoxy) is 4. The lowest BCUT2D eigenvalue weighted by Gasteiger charge is -2.43. The predicted molar refractivity (Wildman–Crippen MR) is 310 cm³/mol. The molecule has 0 amide bonds. The summed E-state index contributed by atoms with van der Waals surface area (Å²) in [6.07, 6.45) is 24.0. The number of carboxylic acid groups (broad SMARTS) is 4. The summed E-state index contributed by atoms with van der Waals surface area (Å²) in [6.45, 7) is 8.96. The number of nitrogens with zero attached hydrogens (tertiary/aromatic N) is 2. The first-order valence-electron chi connectivity index (χ1n) is 28.7. The topological polar surface area (TPSA) is 258 Å². The number of ketones is 2. The highest BCUT2D eigenvalue weighted by atomic mass is 16.5. The summed E-state index contributed by atoms with van der Waals surface area (Å²) in [4.78, 5) is 65.1. The molecular weight excluding hydrogens is 1040 g/mol. The van der Waals surface area contributed by atoms with E-state index >= 15 is 0 Å². The van der Waals surface area contributed by atoms with Crippen molar-refractivity contribution in [3.05, 3.63) is 119 Å². The van der Waals surface area contributed by atoms with Crippen molar-refractivity contribution in [2.24, 2.45) is 23.7 Å². The van der Waals surface area contributed by atoms with Gasteiger partial charge in [0, 0.05) is 36.3 Å². The molecule has 0 spiro atoms. The van der Waals surface area contributed by atoms with E-state index in [-0.39, 0.29) is 17.0 Å². The molecule has 8 rings (SSSR count). The van der Waals surface area contributed by atoms with E-state index in [1.807, 2.05) is 24.3 Å². The highest BCUT2D eigenvalue weighted by Gasteiger charge is 2.35. The van der Waals surface area contributed by atoms with Gasteiger partial charge in [0.25, 0.3) is 0 Å². The van der Waals surface area contributed by atoms with E-state index < -0.39 is 23.9 Å². The monoisotopic (exact) mass is 1120 g/mol. The number of aliphatic carboxylic acids is 4. The minimum Gasteiger partial charge on any atom is -0.493 e. The van der Waals surface area contributed by atoms with Gasteiger partial charge in [-0.2, -0.15) is 0 Å². The third-order valence-corrected chi connectivity index (χ3v) is 16.2. The highest BCUT2D eigenvalue weighted by molar-refractivity contribution is 6.27. The molecule has 81 heavy (non-hydrogen) atoms. The van der Waals surface area contributed by atoms with Gasteiger partial charge in [-0.1, -0.05) is 125 Å². The van der Waals surface area contributed by atoms with Crippen molar-refractivity contribution < 1.29 is 73.6 Å². The number of Topliss-reactive ketones (excluding diaryl/α,β-unsaturated/α-hetero) is 2. The Morgan fingerprint density at radius 1 is 0.457 bits per heavy atom. The first-order valence-corrected chi connectivity index (χ1v) is 28.7. The zero-order chi connectivity index (χ0) is 57.8. The van der Waals surface area contributed by atoms with Gasteiger partial charge >= 0.3 is 23.9 Å². The molecule has 2 aliphatic carbocycles. The Bertz CT molecular complexity index is 2350. The SMILES string of the molecule is COc1cc(C(C)=O)ccc1OCCCN1CCC(C2CCCCC2)CC1Cc1ccccc1.COc1cc(C(C)=O)ccc1OCCCN1CCC(C2CCCCC2)CC1Cc1ccccc1.O.O=C(O)C(=O)O.O=C(O)C(=O)O. The van der Waals surface area contributed by atoms with Gasteiger partial charge in [-0.3, -0.25) is 19.4 Å². The van der Waals surface area contributed by atoms with Crippen LogP contribution in [-0.4, -0.2) is 137 Å². The zero-order valence-electron chi connectivity index (χ0n) is 47.9. The van der Waals surface area contributed by atoms with Crippen LogP contribution in [0.4, 0.5) is 0 Å². The van der Waals surface area contributed by atoms with Crippen molar-refractivity contribution in [1.29, 1.82) is 0 Å². The van der Waals surface area contributed by atoms with Crippen molar-refractivity contribution in [2.75, 3.05) is 53.6 Å². The molecule has 2 saturated heterocycles. The average Bonchev–Trinajstić information content (AvgIpc) is 3.49. The average molecular weight is 1130 g/mol. The van der Waals surface area contributed by atoms with Gasteiger partial charge in [-0.15, -0.1) is 0 Å². The zero-order valence-corrected chi connectivity index (χ0v) is 47.9. The molecule has 17 nitrogen and oxygen atoms in total. The van der Waals surface area contributed by atoms with Crippen LogP contribution in [0.3, 0.4) is 0 Å². The summed E-state index contributed by atoms with van der Waals surface area (Å²) in [6, 6.07) is 34.1. The Labute approximate surface area is 478 Å². The smallest absolute Gasteiger partial charge is 0.414 e. The second-order valence-electron chi connectivity index (χ2n) is 21.6. The molecule has 4 fully saturated rings. The van der Waals surface area contributed by atoms with Crippen LogP contribution < -0.4 is 18.9 Å². The molecule has 4 unspecified atom stereocenters. The number of likely N-dealkylation sites (tertiary alicyclic amines) is 2. The summed E-state index contributed by atoms with van der Waals surface area (Å²) in [5, 5.41) is 29.6. The van der Waals surface area contributed by atoms with Gasteiger partial charge in [-0.05, 0) is 150 Å². The maximum absolute atomic E-state index is 11.6. The Morgan fingerprint density at radius 2 is 0.802 bits per heavy atom. The minimum atomic E-state index is -1.82. The highest BCUT2D eigenvalue weighted by Crippen LogP contribution is 2.40. The number of hydrogen-bond donors (Lipinski definition) is 4. The lowest BCUT2D eigenvalue weighted by atomic mass is 9.73. The number of methoxy groups -OCH3 is 2. The normalized spacial score (nSPS) is 19.4. The number of carbonyl (C=O) groups excluding carboxylic acids is 2. The van der Waals surface area contributed by atoms with Gasteiger partial charge < -0.3 is 44.8 Å². The molecule has 0 bridgehead atoms. The molecule has 4 aliphatic rings. The van der Waals surface area contributed by atoms with Crippen LogP contribution in [0, 0.1) is 23.7 Å². The molecule has 6 N–H and O–H groups in total. The van der Waals surface area contributed by atoms with Crippen molar-refractivity contribution in [3.63, 3.8) is 0 Å². The largest absolute Gasteiger partial charge is 0.493 e. The summed E-state index contributed by atoms with van der Waals surface area (Å²) in [5.41, 5.74) is 4.20. The molecule has 2 heterocycles. The van der Waals surface area contributed by atoms with Crippen molar-refractivity contribution in [1.82, 2.24) is 9.80 Å². The maximum atomic E-state index is 11.6. The molecular formula is C64H88N2O15. The van der Waals surface area contributed by atoms with E-state index in [4.69, 9.17) is 58.6 Å². The summed E-state index contributed by atoms with van der Waals surface area (Å²) >= 11 is 0. The van der Waals surface area contributed by atoms with Gasteiger partial charge in [0.05, 0.1) is 27.4 Å². The molecule has 4 aromatic rings. The van der Waals surface area contributed by atoms with E-state index in [0.29, 0.717) is 59.4 Å². The standard InChI is InChI=1S/2C30H41NO3.2C2H2O4.H2O/c2*1-23(32)26-14-15-29(30(22-26)33-2)34-19-9-17-31-18-16-27(25-12-7-4-8-13-25)21-28(31)20-24-10-5-3-6-11-24;2*3-1(4)2(5)6;/h2*3,5-6,10-11,14-15,22,25,27-28H,4,7-9,12-13,16-21H2,1-2H3;2*(H,3,4)(H,5,6);1H2. The lowest BCUT2D eigenvalue weighted by molar-refractivity contribution is -0.159. The second kappa shape index (κ2) is 35.8. The van der Waals surface area contributed by atoms with E-state index in [2.05, 4.69) is 70.5 Å². The van der Waals surface area contributed by atoms with Crippen LogP contribution in [-0.2, 0) is 32.0 Å². The van der Waals surface area contributed by atoms with Gasteiger partial charge in [-0.25, -0.2) is 19.2 Å². The van der Waals surface area contributed by atoms with Crippen LogP contribution in [0.25, 0.3) is 0 Å². The van der Waals surface area contributed by atoms with Crippen molar-refractivity contribution in [2.45, 2.75) is 142 Å². The van der Waals surface area contributed by atoms with Crippen LogP contribution in [0.15, 0.2) is 97.1 Å². The lowest BCUT2D eigenvalue weighted by Crippen LogP contribution is -2.46. The van der Waals surface area contributed by atoms with Crippen LogP contribution in [0.2, 0.25) is 0 Å². The maximum Gasteiger partial charge on any atom is 0.414 e. The van der Waals surface area contributed by atoms with Crippen molar-refractivity contribution in [3.8, 4) is 23.0 Å². The Hall–Kier alpha value is -6.82. The molecule has 4 aromatic carbocycles. The van der Waals surface area contributed by atoms with Crippen LogP contribution >= 0.6 is 0 Å². The first-order chi connectivity index (χ1) is 38.6. The minimum absolute atomic E-state index is 0. The van der Waals surface area contributed by atoms with Crippen molar-refractivity contribution >= 4 is 35.4 Å². The number of carboxylic acids is 4. The third kappa shape index (κ3) is 22.9. The third-order valence-electron chi connectivity index (χ3n) is 16.2. The molecule has 0 aromatic heterocycles. The summed E-state index contributed by atoms with van der Waals surface area (Å²) in [5.74, 6) is -0.867. The van der Waals surface area contributed by atoms with Gasteiger partial charge in [0.2, 0.25) is 0 Å². The molecule has 17 heteroatoms. The van der Waals surface area contributed by atoms with E-state index in [1.54, 1.807) is 40.2 Å². The summed E-state index contributed by atoms with van der Waals surface area (Å²) in [7, 11) is 3.24. The number of hydrogen-bond acceptors (Lipinski definition) is 12. The molecule has 444 valence electrons. The van der Waals surface area contributed by atoms with E-state index in [9.17, 15) is 9.59 Å². The van der Waals surface area contributed by atoms with Crippen LogP contribution in [0.5, 0.6) is 23.0 Å². The molecule has 4 atom stereocenters. The quantitative estimate of drug-likeness (QED) is 0.0364. The fourth-order valence-electron chi connectivity index (χ4n) is 12.0. The molecule has 0 radical (unpaired) electrons. The Morgan fingerprint density at radius 3 is 1.11 bits per heavy atom. The fraction of sp³-hybridized carbons (Fsp3) is 0.531. The Kier molecular flexibility index (Phi) is 29.5.